The maximum Gasteiger partial charge on any atom is 0.175 e. The van der Waals surface area contributed by atoms with Crippen molar-refractivity contribution in [3.63, 3.8) is 0 Å². The summed E-state index contributed by atoms with van der Waals surface area (Å²) in [5.41, 5.74) is 1.13. The Morgan fingerprint density at radius 1 is 1.15 bits per heavy atom. The molecule has 6 nitrogen and oxygen atoms in total. The molecule has 0 bridgehead atoms. The predicted octanol–water partition coefficient (Wildman–Crippen LogP) is 2.04. The molecule has 1 N–H and O–H groups in total. The van der Waals surface area contributed by atoms with Gasteiger partial charge < -0.3 is 9.67 Å². The van der Waals surface area contributed by atoms with E-state index in [0.717, 1.165) is 43.9 Å². The van der Waals surface area contributed by atoms with Gasteiger partial charge in [-0.15, -0.1) is 0 Å². The standard InChI is InChI=1S/C20H27N3O3S/c1-14-21-7-8-23(14)19-9-16-12-22(13-17(16)10-20(19)24)11-15-3-5-18(6-4-15)27(2,25)26/h3-8,16-17,19-20,24H,9-13H2,1-2H3/t16-,17+,19-,20-/m0/s1. The van der Waals surface area contributed by atoms with Crippen molar-refractivity contribution in [1.29, 1.82) is 0 Å². The molecule has 1 saturated carbocycles. The summed E-state index contributed by atoms with van der Waals surface area (Å²) in [5, 5.41) is 10.7. The Kier molecular flexibility index (Phi) is 4.86. The minimum atomic E-state index is -3.15. The number of sulfone groups is 1. The number of fused-ring (bicyclic) bond motifs is 1. The molecular formula is C20H27N3O3S. The van der Waals surface area contributed by atoms with Gasteiger partial charge >= 0.3 is 0 Å². The lowest BCUT2D eigenvalue weighted by Crippen LogP contribution is -2.36. The third-order valence-electron chi connectivity index (χ3n) is 6.16. The van der Waals surface area contributed by atoms with Gasteiger partial charge in [-0.25, -0.2) is 13.4 Å². The van der Waals surface area contributed by atoms with E-state index in [1.54, 1.807) is 18.3 Å². The van der Waals surface area contributed by atoms with Crippen molar-refractivity contribution in [2.45, 2.75) is 43.4 Å². The molecule has 4 atom stereocenters. The van der Waals surface area contributed by atoms with Gasteiger partial charge in [-0.3, -0.25) is 4.90 Å². The Balaban J connectivity index is 1.42. The summed E-state index contributed by atoms with van der Waals surface area (Å²) < 4.78 is 25.3. The molecule has 1 aromatic carbocycles. The second-order valence-corrected chi connectivity index (χ2v) is 10.1. The first-order valence-electron chi connectivity index (χ1n) is 9.50. The second kappa shape index (κ2) is 7.04. The Morgan fingerprint density at radius 3 is 2.41 bits per heavy atom. The first kappa shape index (κ1) is 18.7. The van der Waals surface area contributed by atoms with Gasteiger partial charge in [0, 0.05) is 38.3 Å². The van der Waals surface area contributed by atoms with Crippen LogP contribution in [0.1, 0.15) is 30.3 Å². The van der Waals surface area contributed by atoms with Crippen LogP contribution in [0.5, 0.6) is 0 Å². The van der Waals surface area contributed by atoms with Crippen LogP contribution in [0.2, 0.25) is 0 Å². The lowest BCUT2D eigenvalue weighted by atomic mass is 9.77. The molecule has 2 aromatic rings. The molecule has 27 heavy (non-hydrogen) atoms. The molecule has 1 aliphatic carbocycles. The highest BCUT2D eigenvalue weighted by Crippen LogP contribution is 2.42. The average molecular weight is 390 g/mol. The zero-order valence-corrected chi connectivity index (χ0v) is 16.6. The third kappa shape index (κ3) is 3.81. The summed E-state index contributed by atoms with van der Waals surface area (Å²) in [4.78, 5) is 7.10. The molecule has 0 spiro atoms. The van der Waals surface area contributed by atoms with Crippen molar-refractivity contribution in [3.05, 3.63) is 48.0 Å². The van der Waals surface area contributed by atoms with Gasteiger partial charge in [0.25, 0.3) is 0 Å². The minimum absolute atomic E-state index is 0.114. The van der Waals surface area contributed by atoms with Crippen LogP contribution in [0.4, 0.5) is 0 Å². The quantitative estimate of drug-likeness (QED) is 0.866. The van der Waals surface area contributed by atoms with Crippen LogP contribution in [-0.4, -0.2) is 53.4 Å². The Morgan fingerprint density at radius 2 is 1.81 bits per heavy atom. The number of aliphatic hydroxyl groups is 1. The lowest BCUT2D eigenvalue weighted by molar-refractivity contribution is 0.0349. The number of nitrogens with zero attached hydrogens (tertiary/aromatic N) is 3. The van der Waals surface area contributed by atoms with E-state index < -0.39 is 9.84 Å². The average Bonchev–Trinajstić information content (AvgIpc) is 3.19. The number of rotatable bonds is 4. The zero-order chi connectivity index (χ0) is 19.2. The van der Waals surface area contributed by atoms with Crippen LogP contribution in [0, 0.1) is 18.8 Å². The van der Waals surface area contributed by atoms with E-state index in [4.69, 9.17) is 0 Å². The van der Waals surface area contributed by atoms with Crippen LogP contribution < -0.4 is 0 Å². The summed E-state index contributed by atoms with van der Waals surface area (Å²) >= 11 is 0. The fraction of sp³-hybridized carbons (Fsp3) is 0.550. The van der Waals surface area contributed by atoms with E-state index in [-0.39, 0.29) is 12.1 Å². The Bertz CT molecular complexity index is 907. The molecule has 7 heteroatoms. The summed E-state index contributed by atoms with van der Waals surface area (Å²) in [6.45, 7) is 4.82. The number of likely N-dealkylation sites (tertiary alicyclic amines) is 1. The number of hydrogen-bond donors (Lipinski definition) is 1. The SMILES string of the molecule is Cc1nccn1[C@H]1C[C@H]2CN(Cc3ccc(S(C)(=O)=O)cc3)C[C@H]2C[C@@H]1O. The second-order valence-electron chi connectivity index (χ2n) is 8.12. The first-order valence-corrected chi connectivity index (χ1v) is 11.4. The van der Waals surface area contributed by atoms with Gasteiger partial charge in [0.1, 0.15) is 5.82 Å². The normalized spacial score (nSPS) is 29.0. The van der Waals surface area contributed by atoms with Gasteiger partial charge in [-0.05, 0) is 49.3 Å². The molecule has 4 rings (SSSR count). The number of imidazole rings is 1. The number of aliphatic hydroxyl groups excluding tert-OH is 1. The molecule has 2 aliphatic rings. The Hall–Kier alpha value is -1.70. The first-order chi connectivity index (χ1) is 12.8. The molecular weight excluding hydrogens is 362 g/mol. The van der Waals surface area contributed by atoms with Crippen LogP contribution in [0.3, 0.4) is 0 Å². The van der Waals surface area contributed by atoms with E-state index in [1.807, 2.05) is 25.3 Å². The van der Waals surface area contributed by atoms with Crippen molar-refractivity contribution >= 4 is 9.84 Å². The van der Waals surface area contributed by atoms with Crippen molar-refractivity contribution in [3.8, 4) is 0 Å². The third-order valence-corrected chi connectivity index (χ3v) is 7.29. The summed E-state index contributed by atoms with van der Waals surface area (Å²) in [7, 11) is -3.15. The van der Waals surface area contributed by atoms with Crippen molar-refractivity contribution in [1.82, 2.24) is 14.5 Å². The molecule has 0 unspecified atom stereocenters. The molecule has 2 heterocycles. The topological polar surface area (TPSA) is 75.4 Å². The highest BCUT2D eigenvalue weighted by molar-refractivity contribution is 7.90. The van der Waals surface area contributed by atoms with Crippen molar-refractivity contribution in [2.24, 2.45) is 11.8 Å². The molecule has 1 aromatic heterocycles. The lowest BCUT2D eigenvalue weighted by Gasteiger charge is -2.36. The molecule has 146 valence electrons. The highest BCUT2D eigenvalue weighted by atomic mass is 32.2. The van der Waals surface area contributed by atoms with Crippen molar-refractivity contribution in [2.75, 3.05) is 19.3 Å². The number of aromatic nitrogens is 2. The number of aryl methyl sites for hydroxylation is 1. The largest absolute Gasteiger partial charge is 0.391 e. The van der Waals surface area contributed by atoms with E-state index in [0.29, 0.717) is 16.7 Å². The van der Waals surface area contributed by atoms with Crippen LogP contribution in [0.25, 0.3) is 0 Å². The number of benzene rings is 1. The smallest absolute Gasteiger partial charge is 0.175 e. The molecule has 1 saturated heterocycles. The van der Waals surface area contributed by atoms with Gasteiger partial charge in [0.2, 0.25) is 0 Å². The highest BCUT2D eigenvalue weighted by Gasteiger charge is 2.42. The van der Waals surface area contributed by atoms with Crippen LogP contribution in [-0.2, 0) is 16.4 Å². The van der Waals surface area contributed by atoms with Crippen LogP contribution >= 0.6 is 0 Å². The summed E-state index contributed by atoms with van der Waals surface area (Å²) in [5.74, 6) is 2.06. The molecule has 2 fully saturated rings. The van der Waals surface area contributed by atoms with Gasteiger partial charge in [0.15, 0.2) is 9.84 Å². The van der Waals surface area contributed by atoms with E-state index in [2.05, 4.69) is 14.5 Å². The van der Waals surface area contributed by atoms with E-state index in [9.17, 15) is 13.5 Å². The molecule has 0 radical (unpaired) electrons. The Labute approximate surface area is 160 Å². The van der Waals surface area contributed by atoms with E-state index >= 15 is 0 Å². The van der Waals surface area contributed by atoms with E-state index in [1.165, 1.54) is 6.26 Å². The molecule has 0 amide bonds. The zero-order valence-electron chi connectivity index (χ0n) is 15.8. The fourth-order valence-electron chi connectivity index (χ4n) is 4.77. The fourth-order valence-corrected chi connectivity index (χ4v) is 5.40. The van der Waals surface area contributed by atoms with Crippen molar-refractivity contribution < 1.29 is 13.5 Å². The molecule has 1 aliphatic heterocycles. The van der Waals surface area contributed by atoms with Gasteiger partial charge in [0.05, 0.1) is 17.0 Å². The monoisotopic (exact) mass is 389 g/mol. The van der Waals surface area contributed by atoms with Gasteiger partial charge in [-0.1, -0.05) is 12.1 Å². The minimum Gasteiger partial charge on any atom is -0.391 e. The van der Waals surface area contributed by atoms with Crippen LogP contribution in [0.15, 0.2) is 41.6 Å². The maximum atomic E-state index is 11.6. The maximum absolute atomic E-state index is 11.6. The van der Waals surface area contributed by atoms with Gasteiger partial charge in [-0.2, -0.15) is 0 Å². The predicted molar refractivity (Wildman–Crippen MR) is 103 cm³/mol. The summed E-state index contributed by atoms with van der Waals surface area (Å²) in [6.07, 6.45) is 6.49. The number of hydrogen-bond acceptors (Lipinski definition) is 5. The summed E-state index contributed by atoms with van der Waals surface area (Å²) in [6, 6.07) is 7.31.